The van der Waals surface area contributed by atoms with Crippen molar-refractivity contribution < 1.29 is 0 Å². The molecule has 4 nitrogen and oxygen atoms in total. The van der Waals surface area contributed by atoms with E-state index < -0.39 is 0 Å². The van der Waals surface area contributed by atoms with Gasteiger partial charge in [-0.2, -0.15) is 16.6 Å². The summed E-state index contributed by atoms with van der Waals surface area (Å²) in [6.45, 7) is 4.86. The molecule has 1 unspecified atom stereocenters. The maximum atomic E-state index is 9.54. The van der Waals surface area contributed by atoms with E-state index in [4.69, 9.17) is 0 Å². The molecular weight excluding hydrogens is 328 g/mol. The van der Waals surface area contributed by atoms with Gasteiger partial charge in [-0.3, -0.25) is 4.98 Å². The van der Waals surface area contributed by atoms with E-state index in [2.05, 4.69) is 78.2 Å². The topological polar surface area (TPSA) is 52.0 Å². The molecule has 2 aromatic heterocycles. The summed E-state index contributed by atoms with van der Waals surface area (Å²) in [7, 11) is 4.16. The molecule has 25 heavy (non-hydrogen) atoms. The van der Waals surface area contributed by atoms with E-state index in [9.17, 15) is 5.26 Å². The van der Waals surface area contributed by atoms with Crippen molar-refractivity contribution in [2.45, 2.75) is 19.9 Å². The molecule has 1 aromatic carbocycles. The largest absolute Gasteiger partial charge is 0.381 e. The minimum absolute atomic E-state index is 0.243. The predicted octanol–water partition coefficient (Wildman–Crippen LogP) is 4.50. The third-order valence-corrected chi connectivity index (χ3v) is 5.15. The zero-order chi connectivity index (χ0) is 18.0. The van der Waals surface area contributed by atoms with Crippen LogP contribution >= 0.6 is 11.3 Å². The van der Waals surface area contributed by atoms with Crippen LogP contribution < -0.4 is 5.32 Å². The molecule has 1 atom stereocenters. The summed E-state index contributed by atoms with van der Waals surface area (Å²) in [4.78, 5) is 6.69. The molecule has 0 spiro atoms. The van der Waals surface area contributed by atoms with Crippen LogP contribution in [0.1, 0.15) is 28.3 Å². The Morgan fingerprint density at radius 2 is 2.12 bits per heavy atom. The summed E-state index contributed by atoms with van der Waals surface area (Å²) >= 11 is 1.70. The predicted molar refractivity (Wildman–Crippen MR) is 105 cm³/mol. The van der Waals surface area contributed by atoms with Crippen molar-refractivity contribution in [3.63, 3.8) is 0 Å². The van der Waals surface area contributed by atoms with E-state index in [0.29, 0.717) is 5.56 Å². The molecule has 0 fully saturated rings. The minimum Gasteiger partial charge on any atom is -0.381 e. The average Bonchev–Trinajstić information content (AvgIpc) is 3.08. The van der Waals surface area contributed by atoms with Crippen LogP contribution in [0, 0.1) is 25.2 Å². The Kier molecular flexibility index (Phi) is 5.03. The molecule has 0 saturated heterocycles. The van der Waals surface area contributed by atoms with Crippen LogP contribution in [0.2, 0.25) is 0 Å². The lowest BCUT2D eigenvalue weighted by Gasteiger charge is -2.25. The summed E-state index contributed by atoms with van der Waals surface area (Å²) in [5.41, 5.74) is 5.99. The third kappa shape index (κ3) is 3.51. The first-order valence-electron chi connectivity index (χ1n) is 8.23. The number of anilines is 1. The molecule has 128 valence electrons. The fraction of sp³-hybridized carbons (Fsp3) is 0.300. The number of thiophene rings is 1. The zero-order valence-electron chi connectivity index (χ0n) is 15.0. The molecule has 3 aromatic rings. The number of rotatable bonds is 5. The summed E-state index contributed by atoms with van der Waals surface area (Å²) in [5, 5.41) is 18.4. The Hall–Kier alpha value is -2.42. The molecule has 0 bridgehead atoms. The number of fused-ring (bicyclic) bond motifs is 1. The van der Waals surface area contributed by atoms with Crippen molar-refractivity contribution >= 4 is 27.9 Å². The van der Waals surface area contributed by atoms with Gasteiger partial charge >= 0.3 is 0 Å². The molecule has 0 aliphatic carbocycles. The SMILES string of the molecule is Cc1cc(C)c2ncc(C#N)c(NCC(c3ccsc3)N(C)C)c2c1. The highest BCUT2D eigenvalue weighted by Gasteiger charge is 2.17. The molecule has 0 aliphatic heterocycles. The highest BCUT2D eigenvalue weighted by Crippen LogP contribution is 2.30. The van der Waals surface area contributed by atoms with Crippen molar-refractivity contribution in [2.75, 3.05) is 26.0 Å². The van der Waals surface area contributed by atoms with Crippen LogP contribution in [-0.2, 0) is 0 Å². The Morgan fingerprint density at radius 3 is 2.76 bits per heavy atom. The standard InChI is InChI=1S/C20H22N4S/c1-13-7-14(2)19-17(8-13)20(16(9-21)10-22-19)23-11-18(24(3)4)15-5-6-25-12-15/h5-8,10,12,18H,11H2,1-4H3,(H,22,23). The Labute approximate surface area is 152 Å². The Bertz CT molecular complexity index is 923. The fourth-order valence-electron chi connectivity index (χ4n) is 3.20. The van der Waals surface area contributed by atoms with Crippen molar-refractivity contribution in [1.29, 1.82) is 5.26 Å². The number of nitriles is 1. The average molecular weight is 350 g/mol. The summed E-state index contributed by atoms with van der Waals surface area (Å²) in [6.07, 6.45) is 1.67. The van der Waals surface area contributed by atoms with E-state index in [1.54, 1.807) is 17.5 Å². The maximum Gasteiger partial charge on any atom is 0.103 e. The number of benzene rings is 1. The maximum absolute atomic E-state index is 9.54. The first-order valence-corrected chi connectivity index (χ1v) is 9.18. The highest BCUT2D eigenvalue weighted by molar-refractivity contribution is 7.07. The van der Waals surface area contributed by atoms with Crippen molar-refractivity contribution in [3.05, 3.63) is 57.4 Å². The van der Waals surface area contributed by atoms with Gasteiger partial charge in [-0.25, -0.2) is 0 Å². The summed E-state index contributed by atoms with van der Waals surface area (Å²) in [6, 6.07) is 8.90. The van der Waals surface area contributed by atoms with E-state index in [0.717, 1.165) is 28.7 Å². The highest BCUT2D eigenvalue weighted by atomic mass is 32.1. The van der Waals surface area contributed by atoms with Gasteiger partial charge in [0.1, 0.15) is 6.07 Å². The lowest BCUT2D eigenvalue weighted by Crippen LogP contribution is -2.26. The first-order chi connectivity index (χ1) is 12.0. The molecule has 2 heterocycles. The van der Waals surface area contributed by atoms with E-state index >= 15 is 0 Å². The van der Waals surface area contributed by atoms with Gasteiger partial charge in [-0.1, -0.05) is 11.6 Å². The van der Waals surface area contributed by atoms with Gasteiger partial charge in [0.05, 0.1) is 22.8 Å². The molecule has 3 rings (SSSR count). The van der Waals surface area contributed by atoms with E-state index in [1.165, 1.54) is 11.1 Å². The second-order valence-electron chi connectivity index (χ2n) is 6.55. The van der Waals surface area contributed by atoms with Gasteiger partial charge in [0.15, 0.2) is 0 Å². The van der Waals surface area contributed by atoms with E-state index in [-0.39, 0.29) is 6.04 Å². The molecule has 0 aliphatic rings. The van der Waals surface area contributed by atoms with Crippen LogP contribution in [0.3, 0.4) is 0 Å². The lowest BCUT2D eigenvalue weighted by atomic mass is 10.0. The van der Waals surface area contributed by atoms with Crippen molar-refractivity contribution in [2.24, 2.45) is 0 Å². The minimum atomic E-state index is 0.243. The van der Waals surface area contributed by atoms with Gasteiger partial charge in [0.2, 0.25) is 0 Å². The number of likely N-dealkylation sites (N-methyl/N-ethyl adjacent to an activating group) is 1. The van der Waals surface area contributed by atoms with Crippen LogP contribution in [-0.4, -0.2) is 30.5 Å². The van der Waals surface area contributed by atoms with E-state index in [1.807, 2.05) is 0 Å². The number of pyridine rings is 1. The molecule has 0 radical (unpaired) electrons. The molecular formula is C20H22N4S. The third-order valence-electron chi connectivity index (χ3n) is 4.45. The molecule has 5 heteroatoms. The fourth-order valence-corrected chi connectivity index (χ4v) is 3.90. The van der Waals surface area contributed by atoms with Gasteiger partial charge in [-0.05, 0) is 62.0 Å². The normalized spacial score (nSPS) is 12.3. The summed E-state index contributed by atoms with van der Waals surface area (Å²) < 4.78 is 0. The number of aryl methyl sites for hydroxylation is 2. The lowest BCUT2D eigenvalue weighted by molar-refractivity contribution is 0.312. The Balaban J connectivity index is 2.01. The van der Waals surface area contributed by atoms with Crippen LogP contribution in [0.5, 0.6) is 0 Å². The van der Waals surface area contributed by atoms with Gasteiger partial charge in [0, 0.05) is 18.1 Å². The quantitative estimate of drug-likeness (QED) is 0.736. The number of aromatic nitrogens is 1. The molecule has 1 N–H and O–H groups in total. The van der Waals surface area contributed by atoms with Crippen molar-refractivity contribution in [1.82, 2.24) is 9.88 Å². The smallest absolute Gasteiger partial charge is 0.103 e. The van der Waals surface area contributed by atoms with Crippen LogP contribution in [0.15, 0.2) is 35.2 Å². The number of hydrogen-bond acceptors (Lipinski definition) is 5. The van der Waals surface area contributed by atoms with Gasteiger partial charge in [0.25, 0.3) is 0 Å². The monoisotopic (exact) mass is 350 g/mol. The Morgan fingerprint density at radius 1 is 1.32 bits per heavy atom. The van der Waals surface area contributed by atoms with Crippen molar-refractivity contribution in [3.8, 4) is 6.07 Å². The number of nitrogens with zero attached hydrogens (tertiary/aromatic N) is 3. The van der Waals surface area contributed by atoms with Crippen LogP contribution in [0.25, 0.3) is 10.9 Å². The zero-order valence-corrected chi connectivity index (χ0v) is 15.8. The first kappa shape index (κ1) is 17.4. The van der Waals surface area contributed by atoms with Crippen LogP contribution in [0.4, 0.5) is 5.69 Å². The number of hydrogen-bond donors (Lipinski definition) is 1. The second kappa shape index (κ2) is 7.22. The molecule has 0 amide bonds. The van der Waals surface area contributed by atoms with Gasteiger partial charge < -0.3 is 10.2 Å². The second-order valence-corrected chi connectivity index (χ2v) is 7.33. The molecule has 0 saturated carbocycles. The van der Waals surface area contributed by atoms with Gasteiger partial charge in [-0.15, -0.1) is 0 Å². The number of nitrogens with one attached hydrogen (secondary N) is 1. The summed E-state index contributed by atoms with van der Waals surface area (Å²) in [5.74, 6) is 0.